The van der Waals surface area contributed by atoms with Crippen LogP contribution in [0.3, 0.4) is 0 Å². The highest BCUT2D eigenvalue weighted by molar-refractivity contribution is 9.11. The lowest BCUT2D eigenvalue weighted by Gasteiger charge is -2.09. The monoisotopic (exact) mass is 435 g/mol. The van der Waals surface area contributed by atoms with Gasteiger partial charge in [-0.2, -0.15) is 5.10 Å². The van der Waals surface area contributed by atoms with Crippen LogP contribution in [0.25, 0.3) is 0 Å². The number of rotatable bonds is 5. The Hall–Kier alpha value is -0.700. The Morgan fingerprint density at radius 1 is 1.33 bits per heavy atom. The molecule has 2 aromatic rings. The summed E-state index contributed by atoms with van der Waals surface area (Å²) in [5, 5.41) is 4.30. The van der Waals surface area contributed by atoms with Crippen LogP contribution in [-0.2, 0) is 30.0 Å². The van der Waals surface area contributed by atoms with E-state index in [1.807, 2.05) is 20.2 Å². The molecule has 0 aliphatic rings. The summed E-state index contributed by atoms with van der Waals surface area (Å²) in [6.45, 7) is 2.21. The fraction of sp³-hybridized carbons (Fsp3) is 0.308. The molecule has 5 nitrogen and oxygen atoms in total. The molecular weight excluding hydrogens is 422 g/mol. The minimum atomic E-state index is -3.59. The van der Waals surface area contributed by atoms with Crippen LogP contribution in [0.1, 0.15) is 18.2 Å². The largest absolute Gasteiger partial charge is 0.275 e. The molecule has 0 aliphatic heterocycles. The summed E-state index contributed by atoms with van der Waals surface area (Å²) < 4.78 is 30.3. The van der Waals surface area contributed by atoms with Gasteiger partial charge in [0.25, 0.3) is 0 Å². The summed E-state index contributed by atoms with van der Waals surface area (Å²) in [4.78, 5) is 0.207. The third kappa shape index (κ3) is 3.94. The molecule has 0 spiro atoms. The number of nitrogens with one attached hydrogen (secondary N) is 1. The van der Waals surface area contributed by atoms with Crippen molar-refractivity contribution in [1.82, 2.24) is 14.5 Å². The SMILES string of the molecule is CCc1nn(C)cc1CNS(=O)(=O)c1cc(Br)ccc1Br. The molecule has 21 heavy (non-hydrogen) atoms. The van der Waals surface area contributed by atoms with Crippen LogP contribution in [0.2, 0.25) is 0 Å². The van der Waals surface area contributed by atoms with Crippen LogP contribution < -0.4 is 4.72 Å². The molecule has 0 radical (unpaired) electrons. The van der Waals surface area contributed by atoms with E-state index in [1.54, 1.807) is 22.9 Å². The predicted molar refractivity (Wildman–Crippen MR) is 88.5 cm³/mol. The average Bonchev–Trinajstić information content (AvgIpc) is 2.79. The van der Waals surface area contributed by atoms with Gasteiger partial charge in [-0.25, -0.2) is 13.1 Å². The molecule has 1 aromatic carbocycles. The minimum Gasteiger partial charge on any atom is -0.275 e. The van der Waals surface area contributed by atoms with E-state index in [-0.39, 0.29) is 11.4 Å². The molecular formula is C13H15Br2N3O2S. The third-order valence-corrected chi connectivity index (χ3v) is 5.85. The molecule has 8 heteroatoms. The molecule has 114 valence electrons. The van der Waals surface area contributed by atoms with Crippen molar-refractivity contribution in [2.24, 2.45) is 7.05 Å². The van der Waals surface area contributed by atoms with Crippen LogP contribution in [0.4, 0.5) is 0 Å². The van der Waals surface area contributed by atoms with E-state index in [0.29, 0.717) is 8.95 Å². The van der Waals surface area contributed by atoms with Crippen molar-refractivity contribution >= 4 is 41.9 Å². The molecule has 1 heterocycles. The number of hydrogen-bond donors (Lipinski definition) is 1. The van der Waals surface area contributed by atoms with Gasteiger partial charge in [-0.15, -0.1) is 0 Å². The Balaban J connectivity index is 2.23. The third-order valence-electron chi connectivity index (χ3n) is 2.96. The van der Waals surface area contributed by atoms with E-state index in [1.165, 1.54) is 0 Å². The first-order valence-electron chi connectivity index (χ1n) is 6.29. The van der Waals surface area contributed by atoms with Gasteiger partial charge in [0, 0.05) is 34.3 Å². The van der Waals surface area contributed by atoms with E-state index in [2.05, 4.69) is 41.7 Å². The fourth-order valence-corrected chi connectivity index (χ4v) is 4.47. The molecule has 0 atom stereocenters. The second-order valence-corrected chi connectivity index (χ2v) is 8.03. The molecule has 0 saturated carbocycles. The van der Waals surface area contributed by atoms with E-state index in [0.717, 1.165) is 17.7 Å². The lowest BCUT2D eigenvalue weighted by molar-refractivity contribution is 0.580. The number of hydrogen-bond acceptors (Lipinski definition) is 3. The van der Waals surface area contributed by atoms with Crippen LogP contribution in [0.15, 0.2) is 38.2 Å². The van der Waals surface area contributed by atoms with Crippen molar-refractivity contribution in [3.63, 3.8) is 0 Å². The van der Waals surface area contributed by atoms with Crippen molar-refractivity contribution in [2.45, 2.75) is 24.8 Å². The predicted octanol–water partition coefficient (Wildman–Crippen LogP) is 2.99. The molecule has 0 bridgehead atoms. The van der Waals surface area contributed by atoms with Gasteiger partial charge in [0.2, 0.25) is 10.0 Å². The summed E-state index contributed by atoms with van der Waals surface area (Å²) in [5.41, 5.74) is 1.78. The van der Waals surface area contributed by atoms with Gasteiger partial charge < -0.3 is 0 Å². The Morgan fingerprint density at radius 3 is 2.71 bits per heavy atom. The number of aromatic nitrogens is 2. The second-order valence-electron chi connectivity index (χ2n) is 4.53. The number of sulfonamides is 1. The first-order valence-corrected chi connectivity index (χ1v) is 9.36. The van der Waals surface area contributed by atoms with Gasteiger partial charge in [-0.1, -0.05) is 22.9 Å². The first-order chi connectivity index (χ1) is 9.83. The molecule has 1 N–H and O–H groups in total. The van der Waals surface area contributed by atoms with Crippen molar-refractivity contribution in [2.75, 3.05) is 0 Å². The zero-order chi connectivity index (χ0) is 15.6. The van der Waals surface area contributed by atoms with Crippen molar-refractivity contribution < 1.29 is 8.42 Å². The van der Waals surface area contributed by atoms with E-state index in [9.17, 15) is 8.42 Å². The van der Waals surface area contributed by atoms with Crippen LogP contribution in [0, 0.1) is 0 Å². The summed E-state index contributed by atoms with van der Waals surface area (Å²) in [6, 6.07) is 5.04. The Morgan fingerprint density at radius 2 is 2.05 bits per heavy atom. The highest BCUT2D eigenvalue weighted by Gasteiger charge is 2.19. The fourth-order valence-electron chi connectivity index (χ4n) is 1.96. The number of halogens is 2. The number of nitrogens with zero attached hydrogens (tertiary/aromatic N) is 2. The summed E-state index contributed by atoms with van der Waals surface area (Å²) in [7, 11) is -1.77. The zero-order valence-corrected chi connectivity index (χ0v) is 15.6. The molecule has 0 fully saturated rings. The smallest absolute Gasteiger partial charge is 0.242 e. The lowest BCUT2D eigenvalue weighted by atomic mass is 10.2. The standard InChI is InChI=1S/C13H15Br2N3O2S/c1-3-12-9(8-18(2)17-12)7-16-21(19,20)13-6-10(14)4-5-11(13)15/h4-6,8,16H,3,7H2,1-2H3. The molecule has 0 saturated heterocycles. The van der Waals surface area contributed by atoms with Crippen molar-refractivity contribution in [3.05, 3.63) is 44.6 Å². The van der Waals surface area contributed by atoms with Gasteiger partial charge >= 0.3 is 0 Å². The summed E-state index contributed by atoms with van der Waals surface area (Å²) in [6.07, 6.45) is 2.59. The number of aryl methyl sites for hydroxylation is 2. The normalized spacial score (nSPS) is 11.8. The van der Waals surface area contributed by atoms with Crippen LogP contribution >= 0.6 is 31.9 Å². The van der Waals surface area contributed by atoms with Gasteiger partial charge in [0.1, 0.15) is 0 Å². The minimum absolute atomic E-state index is 0.207. The number of benzene rings is 1. The lowest BCUT2D eigenvalue weighted by Crippen LogP contribution is -2.24. The molecule has 1 aromatic heterocycles. The summed E-state index contributed by atoms with van der Waals surface area (Å²) >= 11 is 6.55. The second kappa shape index (κ2) is 6.60. The molecule has 2 rings (SSSR count). The highest BCUT2D eigenvalue weighted by Crippen LogP contribution is 2.25. The Labute approximate surface area is 141 Å². The first kappa shape index (κ1) is 16.7. The van der Waals surface area contributed by atoms with E-state index >= 15 is 0 Å². The van der Waals surface area contributed by atoms with Crippen molar-refractivity contribution in [3.8, 4) is 0 Å². The van der Waals surface area contributed by atoms with Gasteiger partial charge in [0.05, 0.1) is 10.6 Å². The maximum absolute atomic E-state index is 12.4. The highest BCUT2D eigenvalue weighted by atomic mass is 79.9. The quantitative estimate of drug-likeness (QED) is 0.783. The molecule has 0 unspecified atom stereocenters. The maximum atomic E-state index is 12.4. The van der Waals surface area contributed by atoms with Gasteiger partial charge in [-0.3, -0.25) is 4.68 Å². The Bertz CT molecular complexity index is 757. The molecule has 0 aliphatic carbocycles. The van der Waals surface area contributed by atoms with Crippen LogP contribution in [-0.4, -0.2) is 18.2 Å². The van der Waals surface area contributed by atoms with E-state index < -0.39 is 10.0 Å². The topological polar surface area (TPSA) is 64.0 Å². The zero-order valence-electron chi connectivity index (χ0n) is 11.6. The average molecular weight is 437 g/mol. The maximum Gasteiger partial charge on any atom is 0.242 e. The van der Waals surface area contributed by atoms with Gasteiger partial charge in [0.15, 0.2) is 0 Å². The summed E-state index contributed by atoms with van der Waals surface area (Å²) in [5.74, 6) is 0. The Kier molecular flexibility index (Phi) is 5.24. The molecule has 0 amide bonds. The van der Waals surface area contributed by atoms with Crippen molar-refractivity contribution in [1.29, 1.82) is 0 Å². The van der Waals surface area contributed by atoms with Gasteiger partial charge in [-0.05, 0) is 40.5 Å². The van der Waals surface area contributed by atoms with Crippen LogP contribution in [0.5, 0.6) is 0 Å². The van der Waals surface area contributed by atoms with E-state index in [4.69, 9.17) is 0 Å².